The standard InChI is InChI=1S/C14H15FN2O3/c15-10-1-2-11-9(8-17-12(11)7-10)5-6-16-13(18)3-4-14(19)20/h1-2,7-8,17H,3-6H2,(H,16,18)(H,19,20). The third-order valence-electron chi connectivity index (χ3n) is 3.01. The van der Waals surface area contributed by atoms with Gasteiger partial charge in [-0.3, -0.25) is 9.59 Å². The molecule has 0 saturated heterocycles. The summed E-state index contributed by atoms with van der Waals surface area (Å²) in [4.78, 5) is 24.7. The molecule has 6 heteroatoms. The molecule has 2 rings (SSSR count). The summed E-state index contributed by atoms with van der Waals surface area (Å²) in [6.07, 6.45) is 2.20. The fourth-order valence-corrected chi connectivity index (χ4v) is 2.01. The number of carboxylic acid groups (broad SMARTS) is 1. The Hall–Kier alpha value is -2.37. The number of aliphatic carboxylic acids is 1. The van der Waals surface area contributed by atoms with Crippen LogP contribution in [0.5, 0.6) is 0 Å². The Labute approximate surface area is 114 Å². The molecule has 0 atom stereocenters. The maximum atomic E-state index is 13.0. The Morgan fingerprint density at radius 1 is 1.30 bits per heavy atom. The summed E-state index contributed by atoms with van der Waals surface area (Å²) in [5.74, 6) is -1.56. The van der Waals surface area contributed by atoms with Gasteiger partial charge in [-0.25, -0.2) is 4.39 Å². The van der Waals surface area contributed by atoms with Crippen molar-refractivity contribution in [2.24, 2.45) is 0 Å². The third-order valence-corrected chi connectivity index (χ3v) is 3.01. The number of hydrogen-bond donors (Lipinski definition) is 3. The van der Waals surface area contributed by atoms with E-state index in [1.165, 1.54) is 12.1 Å². The van der Waals surface area contributed by atoms with Crippen LogP contribution in [-0.4, -0.2) is 28.5 Å². The van der Waals surface area contributed by atoms with Crippen molar-refractivity contribution in [3.05, 3.63) is 35.8 Å². The van der Waals surface area contributed by atoms with Crippen LogP contribution in [0.1, 0.15) is 18.4 Å². The van der Waals surface area contributed by atoms with Gasteiger partial charge in [-0.05, 0) is 30.2 Å². The van der Waals surface area contributed by atoms with Gasteiger partial charge >= 0.3 is 5.97 Å². The Kier molecular flexibility index (Phi) is 4.34. The van der Waals surface area contributed by atoms with Gasteiger partial charge in [0.1, 0.15) is 5.82 Å². The lowest BCUT2D eigenvalue weighted by Gasteiger charge is -2.03. The molecular weight excluding hydrogens is 263 g/mol. The molecule has 106 valence electrons. The first-order chi connectivity index (χ1) is 9.56. The number of hydrogen-bond acceptors (Lipinski definition) is 2. The molecule has 1 aromatic carbocycles. The largest absolute Gasteiger partial charge is 0.481 e. The average Bonchev–Trinajstić information content (AvgIpc) is 2.79. The minimum Gasteiger partial charge on any atom is -0.481 e. The second-order valence-corrected chi connectivity index (χ2v) is 4.50. The maximum absolute atomic E-state index is 13.0. The summed E-state index contributed by atoms with van der Waals surface area (Å²) in [6.45, 7) is 0.419. The zero-order valence-electron chi connectivity index (χ0n) is 10.8. The molecular formula is C14H15FN2O3. The predicted molar refractivity (Wildman–Crippen MR) is 71.8 cm³/mol. The van der Waals surface area contributed by atoms with E-state index >= 15 is 0 Å². The van der Waals surface area contributed by atoms with Crippen LogP contribution in [0.2, 0.25) is 0 Å². The molecule has 0 spiro atoms. The van der Waals surface area contributed by atoms with Gasteiger partial charge in [0.05, 0.1) is 6.42 Å². The molecule has 0 aliphatic carbocycles. The number of carbonyl (C=O) groups is 2. The normalized spacial score (nSPS) is 10.7. The molecule has 0 aliphatic rings. The molecule has 20 heavy (non-hydrogen) atoms. The first kappa shape index (κ1) is 14.0. The van der Waals surface area contributed by atoms with Crippen LogP contribution in [0.25, 0.3) is 10.9 Å². The number of halogens is 1. The summed E-state index contributed by atoms with van der Waals surface area (Å²) in [5, 5.41) is 12.0. The lowest BCUT2D eigenvalue weighted by Crippen LogP contribution is -2.25. The molecule has 0 saturated carbocycles. The van der Waals surface area contributed by atoms with Crippen molar-refractivity contribution in [1.82, 2.24) is 10.3 Å². The molecule has 1 aromatic heterocycles. The number of aromatic nitrogens is 1. The number of fused-ring (bicyclic) bond motifs is 1. The van der Waals surface area contributed by atoms with Crippen LogP contribution < -0.4 is 5.32 Å². The minimum atomic E-state index is -0.987. The molecule has 5 nitrogen and oxygen atoms in total. The van der Waals surface area contributed by atoms with Gasteiger partial charge in [0.2, 0.25) is 5.91 Å². The number of benzene rings is 1. The number of rotatable bonds is 6. The van der Waals surface area contributed by atoms with Crippen molar-refractivity contribution in [3.8, 4) is 0 Å². The van der Waals surface area contributed by atoms with E-state index in [2.05, 4.69) is 10.3 Å². The van der Waals surface area contributed by atoms with E-state index in [9.17, 15) is 14.0 Å². The van der Waals surface area contributed by atoms with E-state index in [0.717, 1.165) is 16.5 Å². The van der Waals surface area contributed by atoms with Gasteiger partial charge in [0.25, 0.3) is 0 Å². The summed E-state index contributed by atoms with van der Waals surface area (Å²) >= 11 is 0. The number of carbonyl (C=O) groups excluding carboxylic acids is 1. The van der Waals surface area contributed by atoms with E-state index in [-0.39, 0.29) is 24.6 Å². The number of H-pyrrole nitrogens is 1. The fraction of sp³-hybridized carbons (Fsp3) is 0.286. The highest BCUT2D eigenvalue weighted by Crippen LogP contribution is 2.19. The van der Waals surface area contributed by atoms with E-state index in [1.54, 1.807) is 12.3 Å². The Morgan fingerprint density at radius 3 is 2.85 bits per heavy atom. The van der Waals surface area contributed by atoms with Crippen molar-refractivity contribution in [2.45, 2.75) is 19.3 Å². The Morgan fingerprint density at radius 2 is 2.10 bits per heavy atom. The second kappa shape index (κ2) is 6.18. The Balaban J connectivity index is 1.87. The summed E-state index contributed by atoms with van der Waals surface area (Å²) in [5.41, 5.74) is 1.70. The molecule has 0 bridgehead atoms. The van der Waals surface area contributed by atoms with Crippen LogP contribution in [-0.2, 0) is 16.0 Å². The zero-order valence-corrected chi connectivity index (χ0v) is 10.8. The summed E-state index contributed by atoms with van der Waals surface area (Å²) in [7, 11) is 0. The van der Waals surface area contributed by atoms with Crippen LogP contribution in [0.4, 0.5) is 4.39 Å². The van der Waals surface area contributed by atoms with Crippen LogP contribution in [0, 0.1) is 5.82 Å². The SMILES string of the molecule is O=C(O)CCC(=O)NCCc1c[nH]c2cc(F)ccc12. The van der Waals surface area contributed by atoms with E-state index in [0.29, 0.717) is 13.0 Å². The van der Waals surface area contributed by atoms with Crippen LogP contribution in [0.3, 0.4) is 0 Å². The molecule has 0 unspecified atom stereocenters. The predicted octanol–water partition coefficient (Wildman–Crippen LogP) is 1.83. The quantitative estimate of drug-likeness (QED) is 0.754. The van der Waals surface area contributed by atoms with Gasteiger partial charge in [-0.1, -0.05) is 0 Å². The van der Waals surface area contributed by atoms with Crippen molar-refractivity contribution >= 4 is 22.8 Å². The van der Waals surface area contributed by atoms with E-state index in [1.807, 2.05) is 0 Å². The van der Waals surface area contributed by atoms with Crippen molar-refractivity contribution in [1.29, 1.82) is 0 Å². The van der Waals surface area contributed by atoms with Gasteiger partial charge in [-0.15, -0.1) is 0 Å². The Bertz CT molecular complexity index is 636. The number of carboxylic acids is 1. The number of aromatic amines is 1. The van der Waals surface area contributed by atoms with E-state index in [4.69, 9.17) is 5.11 Å². The number of nitrogens with one attached hydrogen (secondary N) is 2. The highest BCUT2D eigenvalue weighted by atomic mass is 19.1. The first-order valence-corrected chi connectivity index (χ1v) is 6.30. The fourth-order valence-electron chi connectivity index (χ4n) is 2.01. The maximum Gasteiger partial charge on any atom is 0.303 e. The highest BCUT2D eigenvalue weighted by Gasteiger charge is 2.07. The van der Waals surface area contributed by atoms with Gasteiger partial charge in [-0.2, -0.15) is 0 Å². The molecule has 0 radical (unpaired) electrons. The monoisotopic (exact) mass is 278 g/mol. The third kappa shape index (κ3) is 3.57. The average molecular weight is 278 g/mol. The molecule has 0 fully saturated rings. The lowest BCUT2D eigenvalue weighted by atomic mass is 10.1. The van der Waals surface area contributed by atoms with Gasteiger partial charge in [0.15, 0.2) is 0 Å². The summed E-state index contributed by atoms with van der Waals surface area (Å²) in [6, 6.07) is 4.51. The topological polar surface area (TPSA) is 82.2 Å². The zero-order chi connectivity index (χ0) is 14.5. The van der Waals surface area contributed by atoms with Crippen molar-refractivity contribution in [3.63, 3.8) is 0 Å². The van der Waals surface area contributed by atoms with E-state index < -0.39 is 5.97 Å². The highest BCUT2D eigenvalue weighted by molar-refractivity contribution is 5.83. The van der Waals surface area contributed by atoms with Gasteiger partial charge in [0, 0.05) is 30.1 Å². The summed E-state index contributed by atoms with van der Waals surface area (Å²) < 4.78 is 13.0. The van der Waals surface area contributed by atoms with Gasteiger partial charge < -0.3 is 15.4 Å². The minimum absolute atomic E-state index is 0.0194. The molecule has 1 heterocycles. The van der Waals surface area contributed by atoms with Crippen molar-refractivity contribution < 1.29 is 19.1 Å². The first-order valence-electron chi connectivity index (χ1n) is 6.30. The number of amides is 1. The molecule has 2 aromatic rings. The smallest absolute Gasteiger partial charge is 0.303 e. The van der Waals surface area contributed by atoms with Crippen molar-refractivity contribution in [2.75, 3.05) is 6.54 Å². The molecule has 0 aliphatic heterocycles. The lowest BCUT2D eigenvalue weighted by molar-refractivity contribution is -0.138. The van der Waals surface area contributed by atoms with Crippen LogP contribution >= 0.6 is 0 Å². The van der Waals surface area contributed by atoms with Crippen LogP contribution in [0.15, 0.2) is 24.4 Å². The second-order valence-electron chi connectivity index (χ2n) is 4.50. The molecule has 1 amide bonds. The molecule has 3 N–H and O–H groups in total.